The molecule has 1 aliphatic heterocycles. The third-order valence-electron chi connectivity index (χ3n) is 4.55. The van der Waals surface area contributed by atoms with Gasteiger partial charge < -0.3 is 4.90 Å². The summed E-state index contributed by atoms with van der Waals surface area (Å²) in [7, 11) is -3.25. The van der Waals surface area contributed by atoms with Crippen molar-refractivity contribution in [3.05, 3.63) is 59.0 Å². The molecule has 25 heavy (non-hydrogen) atoms. The van der Waals surface area contributed by atoms with Crippen molar-refractivity contribution >= 4 is 42.9 Å². The molecule has 6 heteroatoms. The van der Waals surface area contributed by atoms with Gasteiger partial charge in [-0.1, -0.05) is 18.2 Å². The Balaban J connectivity index is 1.77. The Labute approximate surface area is 150 Å². The molecule has 0 spiro atoms. The lowest BCUT2D eigenvalue weighted by atomic mass is 10.0. The van der Waals surface area contributed by atoms with Crippen LogP contribution in [0.4, 0.5) is 5.69 Å². The topological polar surface area (TPSA) is 54.5 Å². The van der Waals surface area contributed by atoms with E-state index in [2.05, 4.69) is 0 Å². The number of carbonyl (C=O) groups excluding carboxylic acids is 1. The minimum atomic E-state index is -3.25. The molecule has 128 valence electrons. The summed E-state index contributed by atoms with van der Waals surface area (Å²) in [5, 5.41) is 2.88. The second-order valence-corrected chi connectivity index (χ2v) is 9.20. The van der Waals surface area contributed by atoms with Crippen molar-refractivity contribution in [3.8, 4) is 0 Å². The molecule has 4 nitrogen and oxygen atoms in total. The van der Waals surface area contributed by atoms with Gasteiger partial charge in [-0.2, -0.15) is 0 Å². The Kier molecular flexibility index (Phi) is 3.89. The monoisotopic (exact) mass is 371 g/mol. The number of hydrogen-bond acceptors (Lipinski definition) is 4. The van der Waals surface area contributed by atoms with E-state index in [0.29, 0.717) is 17.0 Å². The Bertz CT molecular complexity index is 1080. The fourth-order valence-electron chi connectivity index (χ4n) is 3.30. The number of anilines is 1. The van der Waals surface area contributed by atoms with Crippen LogP contribution in [0.15, 0.2) is 52.7 Å². The molecule has 0 bridgehead atoms. The van der Waals surface area contributed by atoms with Crippen LogP contribution in [0.2, 0.25) is 0 Å². The standard InChI is InChI=1S/C19H17NO3S2/c1-25(22,23)14-8-9-17-13(11-14)5-4-10-20(17)19(21)16-12-24-18-7-3-2-6-15(16)18/h2-3,6-9,11-12H,4-5,10H2,1H3. The molecule has 0 radical (unpaired) electrons. The maximum atomic E-state index is 13.1. The van der Waals surface area contributed by atoms with Crippen molar-refractivity contribution in [1.29, 1.82) is 0 Å². The van der Waals surface area contributed by atoms with Crippen molar-refractivity contribution in [2.75, 3.05) is 17.7 Å². The van der Waals surface area contributed by atoms with E-state index in [-0.39, 0.29) is 5.91 Å². The molecule has 0 unspecified atom stereocenters. The van der Waals surface area contributed by atoms with E-state index in [1.54, 1.807) is 34.4 Å². The molecule has 2 heterocycles. The minimum Gasteiger partial charge on any atom is -0.308 e. The molecule has 1 aliphatic rings. The predicted molar refractivity (Wildman–Crippen MR) is 101 cm³/mol. The zero-order valence-electron chi connectivity index (χ0n) is 13.7. The third-order valence-corrected chi connectivity index (χ3v) is 6.63. The summed E-state index contributed by atoms with van der Waals surface area (Å²) in [6.07, 6.45) is 2.82. The van der Waals surface area contributed by atoms with Gasteiger partial charge in [0.2, 0.25) is 0 Å². The molecule has 0 saturated heterocycles. The van der Waals surface area contributed by atoms with Crippen LogP contribution in [-0.4, -0.2) is 27.1 Å². The van der Waals surface area contributed by atoms with Crippen LogP contribution in [-0.2, 0) is 16.3 Å². The number of amides is 1. The van der Waals surface area contributed by atoms with Gasteiger partial charge in [0, 0.05) is 34.0 Å². The molecular formula is C19H17NO3S2. The fourth-order valence-corrected chi connectivity index (χ4v) is 4.91. The maximum Gasteiger partial charge on any atom is 0.259 e. The highest BCUT2D eigenvalue weighted by molar-refractivity contribution is 7.90. The number of rotatable bonds is 2. The summed E-state index contributed by atoms with van der Waals surface area (Å²) in [4.78, 5) is 15.2. The first-order valence-corrected chi connectivity index (χ1v) is 10.8. The van der Waals surface area contributed by atoms with E-state index in [0.717, 1.165) is 34.2 Å². The molecule has 3 aromatic rings. The van der Waals surface area contributed by atoms with E-state index >= 15 is 0 Å². The van der Waals surface area contributed by atoms with Crippen LogP contribution in [0, 0.1) is 0 Å². The molecule has 0 saturated carbocycles. The fraction of sp³-hybridized carbons (Fsp3) is 0.211. The van der Waals surface area contributed by atoms with Crippen LogP contribution in [0.25, 0.3) is 10.1 Å². The molecule has 0 aliphatic carbocycles. The van der Waals surface area contributed by atoms with E-state index in [1.165, 1.54) is 6.26 Å². The first-order chi connectivity index (χ1) is 11.9. The highest BCUT2D eigenvalue weighted by Gasteiger charge is 2.26. The third kappa shape index (κ3) is 2.85. The Morgan fingerprint density at radius 2 is 1.96 bits per heavy atom. The van der Waals surface area contributed by atoms with Crippen LogP contribution >= 0.6 is 11.3 Å². The molecule has 4 rings (SSSR count). The number of thiophene rings is 1. The zero-order valence-corrected chi connectivity index (χ0v) is 15.4. The van der Waals surface area contributed by atoms with Gasteiger partial charge in [-0.15, -0.1) is 11.3 Å². The second kappa shape index (κ2) is 5.97. The van der Waals surface area contributed by atoms with Crippen molar-refractivity contribution in [1.82, 2.24) is 0 Å². The number of sulfone groups is 1. The van der Waals surface area contributed by atoms with E-state index < -0.39 is 9.84 Å². The molecule has 2 aromatic carbocycles. The molecule has 0 fully saturated rings. The van der Waals surface area contributed by atoms with Crippen LogP contribution in [0.1, 0.15) is 22.3 Å². The SMILES string of the molecule is CS(=O)(=O)c1ccc2c(c1)CCCN2C(=O)c1csc2ccccc12. The lowest BCUT2D eigenvalue weighted by Crippen LogP contribution is -2.35. The number of hydrogen-bond donors (Lipinski definition) is 0. The normalized spacial score (nSPS) is 14.5. The van der Waals surface area contributed by atoms with Gasteiger partial charge in [0.15, 0.2) is 9.84 Å². The smallest absolute Gasteiger partial charge is 0.259 e. The summed E-state index contributed by atoms with van der Waals surface area (Å²) in [6, 6.07) is 12.9. The molecule has 1 aromatic heterocycles. The Morgan fingerprint density at radius 1 is 1.16 bits per heavy atom. The number of fused-ring (bicyclic) bond motifs is 2. The van der Waals surface area contributed by atoms with E-state index in [9.17, 15) is 13.2 Å². The number of carbonyl (C=O) groups is 1. The van der Waals surface area contributed by atoms with Crippen LogP contribution in [0.3, 0.4) is 0 Å². The highest BCUT2D eigenvalue weighted by atomic mass is 32.2. The minimum absolute atomic E-state index is 0.0227. The lowest BCUT2D eigenvalue weighted by molar-refractivity contribution is 0.0987. The van der Waals surface area contributed by atoms with Gasteiger partial charge in [0.05, 0.1) is 10.5 Å². The first-order valence-electron chi connectivity index (χ1n) is 8.06. The second-order valence-electron chi connectivity index (χ2n) is 6.27. The Hall–Kier alpha value is -2.18. The van der Waals surface area contributed by atoms with Crippen LogP contribution < -0.4 is 4.90 Å². The highest BCUT2D eigenvalue weighted by Crippen LogP contribution is 2.33. The number of nitrogens with zero attached hydrogens (tertiary/aromatic N) is 1. The van der Waals surface area contributed by atoms with Gasteiger partial charge in [-0.25, -0.2) is 8.42 Å². The summed E-state index contributed by atoms with van der Waals surface area (Å²) < 4.78 is 24.7. The van der Waals surface area contributed by atoms with Crippen molar-refractivity contribution < 1.29 is 13.2 Å². The summed E-state index contributed by atoms with van der Waals surface area (Å²) >= 11 is 1.57. The molecule has 1 amide bonds. The van der Waals surface area contributed by atoms with Crippen molar-refractivity contribution in [3.63, 3.8) is 0 Å². The predicted octanol–water partition coefficient (Wildman–Crippen LogP) is 3.90. The Morgan fingerprint density at radius 3 is 2.76 bits per heavy atom. The van der Waals surface area contributed by atoms with Gasteiger partial charge in [0.1, 0.15) is 0 Å². The molecular weight excluding hydrogens is 354 g/mol. The van der Waals surface area contributed by atoms with E-state index in [1.807, 2.05) is 29.6 Å². The van der Waals surface area contributed by atoms with Crippen molar-refractivity contribution in [2.45, 2.75) is 17.7 Å². The average Bonchev–Trinajstić information content (AvgIpc) is 3.03. The molecule has 0 N–H and O–H groups in total. The van der Waals surface area contributed by atoms with Gasteiger partial charge in [0.25, 0.3) is 5.91 Å². The maximum absolute atomic E-state index is 13.1. The van der Waals surface area contributed by atoms with Crippen LogP contribution in [0.5, 0.6) is 0 Å². The quantitative estimate of drug-likeness (QED) is 0.686. The van der Waals surface area contributed by atoms with Gasteiger partial charge in [-0.05, 0) is 42.7 Å². The van der Waals surface area contributed by atoms with Crippen molar-refractivity contribution in [2.24, 2.45) is 0 Å². The molecule has 0 atom stereocenters. The van der Waals surface area contributed by atoms with Gasteiger partial charge >= 0.3 is 0 Å². The first kappa shape index (κ1) is 16.3. The largest absolute Gasteiger partial charge is 0.308 e. The summed E-state index contributed by atoms with van der Waals surface area (Å²) in [5.41, 5.74) is 2.45. The average molecular weight is 371 g/mol. The number of benzene rings is 2. The summed E-state index contributed by atoms with van der Waals surface area (Å²) in [6.45, 7) is 0.647. The lowest BCUT2D eigenvalue weighted by Gasteiger charge is -2.29. The van der Waals surface area contributed by atoms with Gasteiger partial charge in [-0.3, -0.25) is 4.79 Å². The van der Waals surface area contributed by atoms with E-state index in [4.69, 9.17) is 0 Å². The summed E-state index contributed by atoms with van der Waals surface area (Å²) in [5.74, 6) is -0.0227. The number of aryl methyl sites for hydroxylation is 1. The zero-order chi connectivity index (χ0) is 17.6.